The molecule has 0 aliphatic heterocycles. The number of aryl methyl sites for hydroxylation is 1. The molecular weight excluding hydrogens is 324 g/mol. The van der Waals surface area contributed by atoms with Gasteiger partial charge in [-0.3, -0.25) is 0 Å². The zero-order valence-electron chi connectivity index (χ0n) is 12.3. The van der Waals surface area contributed by atoms with E-state index < -0.39 is 0 Å². The van der Waals surface area contributed by atoms with Gasteiger partial charge < -0.3 is 11.1 Å². The predicted molar refractivity (Wildman–Crippen MR) is 92.7 cm³/mol. The van der Waals surface area contributed by atoms with Crippen molar-refractivity contribution < 1.29 is 0 Å². The second-order valence-electron chi connectivity index (χ2n) is 5.86. The van der Waals surface area contributed by atoms with E-state index in [4.69, 9.17) is 5.73 Å². The van der Waals surface area contributed by atoms with Gasteiger partial charge in [-0.25, -0.2) is 0 Å². The smallest absolute Gasteiger partial charge is 0.0636 e. The SMILES string of the molecule is Cc1ccc(Br)c(NC(CN)c2cccc(C3CC3)c2)c1. The summed E-state index contributed by atoms with van der Waals surface area (Å²) in [5, 5.41) is 3.57. The van der Waals surface area contributed by atoms with Gasteiger partial charge in [0.1, 0.15) is 0 Å². The molecule has 0 heterocycles. The molecule has 1 atom stereocenters. The van der Waals surface area contributed by atoms with Crippen molar-refractivity contribution in [1.82, 2.24) is 0 Å². The average molecular weight is 345 g/mol. The van der Waals surface area contributed by atoms with E-state index in [1.165, 1.54) is 29.5 Å². The number of rotatable bonds is 5. The number of anilines is 1. The quantitative estimate of drug-likeness (QED) is 0.821. The maximum atomic E-state index is 6.00. The summed E-state index contributed by atoms with van der Waals surface area (Å²) in [4.78, 5) is 0. The fourth-order valence-corrected chi connectivity index (χ4v) is 3.02. The lowest BCUT2D eigenvalue weighted by atomic mass is 10.0. The number of nitrogens with one attached hydrogen (secondary N) is 1. The van der Waals surface area contributed by atoms with E-state index >= 15 is 0 Å². The van der Waals surface area contributed by atoms with Gasteiger partial charge in [0.15, 0.2) is 0 Å². The van der Waals surface area contributed by atoms with E-state index in [0.717, 1.165) is 16.1 Å². The van der Waals surface area contributed by atoms with Crippen molar-refractivity contribution in [2.45, 2.75) is 31.7 Å². The number of halogens is 1. The maximum Gasteiger partial charge on any atom is 0.0636 e. The molecular formula is C18H21BrN2. The van der Waals surface area contributed by atoms with Crippen molar-refractivity contribution in [3.8, 4) is 0 Å². The summed E-state index contributed by atoms with van der Waals surface area (Å²) < 4.78 is 1.07. The minimum atomic E-state index is 0.141. The van der Waals surface area contributed by atoms with Crippen LogP contribution in [0.5, 0.6) is 0 Å². The molecule has 2 aromatic carbocycles. The molecule has 1 fully saturated rings. The van der Waals surface area contributed by atoms with Crippen LogP contribution in [0.1, 0.15) is 41.5 Å². The monoisotopic (exact) mass is 344 g/mol. The highest BCUT2D eigenvalue weighted by molar-refractivity contribution is 9.10. The van der Waals surface area contributed by atoms with Gasteiger partial charge in [-0.05, 0) is 70.4 Å². The zero-order valence-corrected chi connectivity index (χ0v) is 13.9. The molecule has 0 amide bonds. The van der Waals surface area contributed by atoms with E-state index in [1.807, 2.05) is 0 Å². The Morgan fingerprint density at radius 2 is 2.05 bits per heavy atom. The number of hydrogen-bond donors (Lipinski definition) is 2. The Labute approximate surface area is 134 Å². The predicted octanol–water partition coefficient (Wildman–Crippen LogP) is 4.75. The number of hydrogen-bond acceptors (Lipinski definition) is 2. The standard InChI is InChI=1S/C18H21BrN2/c1-12-5-8-16(19)17(9-12)21-18(11-20)15-4-2-3-14(10-15)13-6-7-13/h2-5,8-10,13,18,21H,6-7,11,20H2,1H3. The minimum Gasteiger partial charge on any atom is -0.376 e. The van der Waals surface area contributed by atoms with Gasteiger partial charge in [0.2, 0.25) is 0 Å². The Hall–Kier alpha value is -1.32. The van der Waals surface area contributed by atoms with E-state index in [0.29, 0.717) is 6.54 Å². The normalized spacial score (nSPS) is 15.8. The first-order valence-corrected chi connectivity index (χ1v) is 8.29. The third kappa shape index (κ3) is 3.47. The molecule has 1 aliphatic carbocycles. The van der Waals surface area contributed by atoms with Gasteiger partial charge in [-0.2, -0.15) is 0 Å². The molecule has 21 heavy (non-hydrogen) atoms. The van der Waals surface area contributed by atoms with Gasteiger partial charge in [0, 0.05) is 16.7 Å². The van der Waals surface area contributed by atoms with Crippen molar-refractivity contribution in [2.24, 2.45) is 5.73 Å². The molecule has 2 nitrogen and oxygen atoms in total. The Morgan fingerprint density at radius 1 is 1.24 bits per heavy atom. The van der Waals surface area contributed by atoms with Gasteiger partial charge >= 0.3 is 0 Å². The summed E-state index contributed by atoms with van der Waals surface area (Å²) in [7, 11) is 0. The molecule has 0 radical (unpaired) electrons. The molecule has 1 saturated carbocycles. The molecule has 1 aliphatic rings. The lowest BCUT2D eigenvalue weighted by Gasteiger charge is -2.20. The number of benzene rings is 2. The molecule has 1 unspecified atom stereocenters. The summed E-state index contributed by atoms with van der Waals surface area (Å²) in [6, 6.07) is 15.3. The molecule has 0 spiro atoms. The molecule has 0 aromatic heterocycles. The second kappa shape index (κ2) is 6.20. The van der Waals surface area contributed by atoms with Crippen LogP contribution >= 0.6 is 15.9 Å². The highest BCUT2D eigenvalue weighted by Gasteiger charge is 2.24. The van der Waals surface area contributed by atoms with E-state index in [1.54, 1.807) is 0 Å². The van der Waals surface area contributed by atoms with Crippen molar-refractivity contribution in [3.05, 3.63) is 63.6 Å². The minimum absolute atomic E-state index is 0.141. The summed E-state index contributed by atoms with van der Waals surface area (Å²) in [5.41, 5.74) is 11.1. The van der Waals surface area contributed by atoms with Crippen LogP contribution in [0.3, 0.4) is 0 Å². The van der Waals surface area contributed by atoms with Crippen LogP contribution in [0, 0.1) is 6.92 Å². The average Bonchev–Trinajstić information content (AvgIpc) is 3.33. The first-order chi connectivity index (χ1) is 10.2. The maximum absolute atomic E-state index is 6.00. The van der Waals surface area contributed by atoms with Crippen LogP contribution in [-0.2, 0) is 0 Å². The van der Waals surface area contributed by atoms with Crippen LogP contribution in [0.4, 0.5) is 5.69 Å². The van der Waals surface area contributed by atoms with Gasteiger partial charge in [0.25, 0.3) is 0 Å². The van der Waals surface area contributed by atoms with Crippen LogP contribution in [0.25, 0.3) is 0 Å². The highest BCUT2D eigenvalue weighted by atomic mass is 79.9. The Morgan fingerprint density at radius 3 is 2.76 bits per heavy atom. The molecule has 110 valence electrons. The summed E-state index contributed by atoms with van der Waals surface area (Å²) in [6.45, 7) is 2.68. The molecule has 2 aromatic rings. The van der Waals surface area contributed by atoms with Gasteiger partial charge in [-0.15, -0.1) is 0 Å². The van der Waals surface area contributed by atoms with Crippen LogP contribution in [0.15, 0.2) is 46.9 Å². The largest absolute Gasteiger partial charge is 0.376 e. The molecule has 0 saturated heterocycles. The Balaban J connectivity index is 1.84. The van der Waals surface area contributed by atoms with Crippen molar-refractivity contribution in [2.75, 3.05) is 11.9 Å². The topological polar surface area (TPSA) is 38.0 Å². The van der Waals surface area contributed by atoms with Gasteiger partial charge in [-0.1, -0.05) is 30.3 Å². The summed E-state index contributed by atoms with van der Waals surface area (Å²) in [5.74, 6) is 0.772. The van der Waals surface area contributed by atoms with Crippen LogP contribution < -0.4 is 11.1 Å². The lowest BCUT2D eigenvalue weighted by Crippen LogP contribution is -2.21. The molecule has 0 bridgehead atoms. The van der Waals surface area contributed by atoms with Crippen LogP contribution in [-0.4, -0.2) is 6.54 Å². The molecule has 3 rings (SSSR count). The lowest BCUT2D eigenvalue weighted by molar-refractivity contribution is 0.787. The van der Waals surface area contributed by atoms with E-state index in [9.17, 15) is 0 Å². The highest BCUT2D eigenvalue weighted by Crippen LogP contribution is 2.40. The second-order valence-corrected chi connectivity index (χ2v) is 6.71. The van der Waals surface area contributed by atoms with Crippen molar-refractivity contribution in [3.63, 3.8) is 0 Å². The first-order valence-electron chi connectivity index (χ1n) is 7.50. The van der Waals surface area contributed by atoms with Crippen molar-refractivity contribution >= 4 is 21.6 Å². The van der Waals surface area contributed by atoms with E-state index in [2.05, 4.69) is 70.6 Å². The Kier molecular flexibility index (Phi) is 4.32. The molecule has 3 N–H and O–H groups in total. The van der Waals surface area contributed by atoms with Crippen molar-refractivity contribution in [1.29, 1.82) is 0 Å². The van der Waals surface area contributed by atoms with Crippen LogP contribution in [0.2, 0.25) is 0 Å². The first kappa shape index (κ1) is 14.6. The Bertz CT molecular complexity index is 635. The third-order valence-corrected chi connectivity index (χ3v) is 4.74. The summed E-state index contributed by atoms with van der Waals surface area (Å²) >= 11 is 3.61. The number of nitrogens with two attached hydrogens (primary N) is 1. The zero-order chi connectivity index (χ0) is 14.8. The molecule has 3 heteroatoms. The van der Waals surface area contributed by atoms with Gasteiger partial charge in [0.05, 0.1) is 6.04 Å². The summed E-state index contributed by atoms with van der Waals surface area (Å²) in [6.07, 6.45) is 2.65. The fraction of sp³-hybridized carbons (Fsp3) is 0.333. The van der Waals surface area contributed by atoms with E-state index in [-0.39, 0.29) is 6.04 Å². The third-order valence-electron chi connectivity index (χ3n) is 4.05. The fourth-order valence-electron chi connectivity index (χ4n) is 2.66.